The Balaban J connectivity index is 1.93. The Morgan fingerprint density at radius 1 is 0.880 bits per heavy atom. The largest absolute Gasteiger partial charge is 0.327 e. The third-order valence-corrected chi connectivity index (χ3v) is 5.09. The molecule has 1 atom stereocenters. The van der Waals surface area contributed by atoms with Crippen LogP contribution in [0.2, 0.25) is 0 Å². The van der Waals surface area contributed by atoms with E-state index >= 15 is 0 Å². The first-order valence-corrected chi connectivity index (χ1v) is 10.5. The molecule has 0 saturated carbocycles. The van der Waals surface area contributed by atoms with Gasteiger partial charge in [-0.25, -0.2) is 15.0 Å². The number of nitrogens with zero attached hydrogens (tertiary/aromatic N) is 3. The van der Waals surface area contributed by atoms with Crippen molar-refractivity contribution in [3.8, 4) is 0 Å². The third kappa shape index (κ3) is 6.41. The van der Waals surface area contributed by atoms with Crippen LogP contribution in [-0.4, -0.2) is 19.9 Å². The maximum atomic E-state index is 4.79. The van der Waals surface area contributed by atoms with Gasteiger partial charge in [-0.15, -0.1) is 0 Å². The number of H-pyrrole nitrogens is 1. The second-order valence-electron chi connectivity index (χ2n) is 7.26. The average Bonchev–Trinajstić information content (AvgIpc) is 3.03. The molecule has 0 spiro atoms. The zero-order chi connectivity index (χ0) is 17.9. The molecule has 0 bridgehead atoms. The maximum absolute atomic E-state index is 4.79. The molecule has 0 radical (unpaired) electrons. The summed E-state index contributed by atoms with van der Waals surface area (Å²) in [6, 6.07) is 0. The minimum absolute atomic E-state index is 0.474. The Hall–Kier alpha value is -1.45. The molecule has 0 aliphatic heterocycles. The summed E-state index contributed by atoms with van der Waals surface area (Å²) in [5, 5.41) is 0. The summed E-state index contributed by atoms with van der Waals surface area (Å²) in [7, 11) is 0. The number of rotatable bonds is 13. The molecule has 0 saturated heterocycles. The van der Waals surface area contributed by atoms with Crippen molar-refractivity contribution in [1.29, 1.82) is 0 Å². The molecule has 0 aliphatic rings. The maximum Gasteiger partial charge on any atom is 0.161 e. The van der Waals surface area contributed by atoms with Crippen molar-refractivity contribution in [3.05, 3.63) is 17.8 Å². The highest BCUT2D eigenvalue weighted by molar-refractivity contribution is 5.69. The molecule has 2 aromatic heterocycles. The number of aromatic amines is 1. The van der Waals surface area contributed by atoms with Gasteiger partial charge in [-0.3, -0.25) is 0 Å². The molecule has 2 rings (SSSR count). The molecule has 2 heterocycles. The van der Waals surface area contributed by atoms with Crippen LogP contribution in [0.3, 0.4) is 0 Å². The van der Waals surface area contributed by atoms with Gasteiger partial charge in [0.25, 0.3) is 0 Å². The molecule has 2 aromatic rings. The first-order chi connectivity index (χ1) is 12.3. The zero-order valence-electron chi connectivity index (χ0n) is 16.5. The summed E-state index contributed by atoms with van der Waals surface area (Å²) < 4.78 is 0. The van der Waals surface area contributed by atoms with Crippen LogP contribution in [0, 0.1) is 0 Å². The van der Waals surface area contributed by atoms with E-state index in [0.29, 0.717) is 5.92 Å². The standard InChI is InChI=1S/C21H36N4/c1-4-7-9-11-13-15-19-23-18-16-22-20(25-21(18)24-19)17(6-3)14-12-10-8-5-2/h16-17H,4-15H2,1-3H3,(H,22,23,24,25). The van der Waals surface area contributed by atoms with Crippen LogP contribution >= 0.6 is 0 Å². The normalized spacial score (nSPS) is 12.8. The predicted octanol–water partition coefficient (Wildman–Crippen LogP) is 6.33. The minimum Gasteiger partial charge on any atom is -0.327 e. The molecule has 4 nitrogen and oxygen atoms in total. The first-order valence-electron chi connectivity index (χ1n) is 10.5. The van der Waals surface area contributed by atoms with Gasteiger partial charge in [0.15, 0.2) is 5.65 Å². The smallest absolute Gasteiger partial charge is 0.161 e. The van der Waals surface area contributed by atoms with Crippen molar-refractivity contribution in [2.24, 2.45) is 0 Å². The second-order valence-corrected chi connectivity index (χ2v) is 7.26. The topological polar surface area (TPSA) is 54.5 Å². The lowest BCUT2D eigenvalue weighted by molar-refractivity contribution is 0.523. The van der Waals surface area contributed by atoms with E-state index in [2.05, 4.69) is 35.7 Å². The summed E-state index contributed by atoms with van der Waals surface area (Å²) in [4.78, 5) is 17.5. The number of fused-ring (bicyclic) bond motifs is 1. The summed E-state index contributed by atoms with van der Waals surface area (Å²) in [5.41, 5.74) is 1.83. The molecule has 0 aromatic carbocycles. The lowest BCUT2D eigenvalue weighted by Gasteiger charge is -2.12. The Morgan fingerprint density at radius 3 is 2.32 bits per heavy atom. The van der Waals surface area contributed by atoms with Crippen molar-refractivity contribution >= 4 is 11.2 Å². The monoisotopic (exact) mass is 344 g/mol. The van der Waals surface area contributed by atoms with Gasteiger partial charge in [0.1, 0.15) is 17.2 Å². The SMILES string of the molecule is CCCCCCCc1nc2cnc(C(CC)CCCCCC)nc2[nH]1. The number of unbranched alkanes of at least 4 members (excludes halogenated alkanes) is 7. The van der Waals surface area contributed by atoms with Gasteiger partial charge in [0.2, 0.25) is 0 Å². The van der Waals surface area contributed by atoms with Crippen LogP contribution in [0.4, 0.5) is 0 Å². The van der Waals surface area contributed by atoms with E-state index in [1.807, 2.05) is 6.20 Å². The van der Waals surface area contributed by atoms with E-state index in [-0.39, 0.29) is 0 Å². The van der Waals surface area contributed by atoms with Crippen molar-refractivity contribution in [1.82, 2.24) is 19.9 Å². The van der Waals surface area contributed by atoms with Gasteiger partial charge in [-0.05, 0) is 19.3 Å². The highest BCUT2D eigenvalue weighted by Crippen LogP contribution is 2.24. The fraction of sp³-hybridized carbons (Fsp3) is 0.762. The van der Waals surface area contributed by atoms with Gasteiger partial charge in [0.05, 0.1) is 6.20 Å². The van der Waals surface area contributed by atoms with Crippen LogP contribution in [-0.2, 0) is 6.42 Å². The van der Waals surface area contributed by atoms with Gasteiger partial charge in [0, 0.05) is 12.3 Å². The van der Waals surface area contributed by atoms with Crippen LogP contribution in [0.1, 0.15) is 109 Å². The van der Waals surface area contributed by atoms with Crippen LogP contribution in [0.25, 0.3) is 11.2 Å². The molecule has 0 fully saturated rings. The summed E-state index contributed by atoms with van der Waals surface area (Å²) in [6.45, 7) is 6.75. The second kappa shape index (κ2) is 11.2. The van der Waals surface area contributed by atoms with E-state index in [0.717, 1.165) is 35.7 Å². The van der Waals surface area contributed by atoms with Crippen LogP contribution < -0.4 is 0 Å². The summed E-state index contributed by atoms with van der Waals surface area (Å²) in [5.74, 6) is 2.53. The van der Waals surface area contributed by atoms with Crippen molar-refractivity contribution in [2.75, 3.05) is 0 Å². The minimum atomic E-state index is 0.474. The highest BCUT2D eigenvalue weighted by atomic mass is 15.0. The van der Waals surface area contributed by atoms with E-state index < -0.39 is 0 Å². The number of aromatic nitrogens is 4. The van der Waals surface area contributed by atoms with Crippen molar-refractivity contribution in [2.45, 2.75) is 104 Å². The Bertz CT molecular complexity index is 605. The lowest BCUT2D eigenvalue weighted by Crippen LogP contribution is -2.04. The van der Waals surface area contributed by atoms with E-state index in [1.54, 1.807) is 0 Å². The lowest BCUT2D eigenvalue weighted by atomic mass is 9.97. The van der Waals surface area contributed by atoms with Crippen LogP contribution in [0.5, 0.6) is 0 Å². The van der Waals surface area contributed by atoms with Crippen LogP contribution in [0.15, 0.2) is 6.20 Å². The molecule has 25 heavy (non-hydrogen) atoms. The van der Waals surface area contributed by atoms with E-state index in [1.165, 1.54) is 64.2 Å². The molecule has 140 valence electrons. The molecular weight excluding hydrogens is 308 g/mol. The fourth-order valence-electron chi connectivity index (χ4n) is 3.42. The Kier molecular flexibility index (Phi) is 8.92. The van der Waals surface area contributed by atoms with E-state index in [4.69, 9.17) is 4.98 Å². The van der Waals surface area contributed by atoms with Crippen molar-refractivity contribution in [3.63, 3.8) is 0 Å². The quantitative estimate of drug-likeness (QED) is 0.432. The van der Waals surface area contributed by atoms with Gasteiger partial charge < -0.3 is 4.98 Å². The number of imidazole rings is 1. The third-order valence-electron chi connectivity index (χ3n) is 5.09. The molecule has 1 N–H and O–H groups in total. The molecule has 1 unspecified atom stereocenters. The fourth-order valence-corrected chi connectivity index (χ4v) is 3.42. The first kappa shape index (κ1) is 19.9. The molecule has 0 aliphatic carbocycles. The summed E-state index contributed by atoms with van der Waals surface area (Å²) >= 11 is 0. The van der Waals surface area contributed by atoms with Crippen molar-refractivity contribution < 1.29 is 0 Å². The zero-order valence-corrected chi connectivity index (χ0v) is 16.5. The van der Waals surface area contributed by atoms with E-state index in [9.17, 15) is 0 Å². The number of hydrogen-bond donors (Lipinski definition) is 1. The molecule has 0 amide bonds. The number of aryl methyl sites for hydroxylation is 1. The average molecular weight is 345 g/mol. The molecule has 4 heteroatoms. The molecular formula is C21H36N4. The number of hydrogen-bond acceptors (Lipinski definition) is 3. The number of nitrogens with one attached hydrogen (secondary N) is 1. The van der Waals surface area contributed by atoms with Gasteiger partial charge in [-0.2, -0.15) is 0 Å². The van der Waals surface area contributed by atoms with Gasteiger partial charge in [-0.1, -0.05) is 72.1 Å². The Morgan fingerprint density at radius 2 is 1.60 bits per heavy atom. The predicted molar refractivity (Wildman–Crippen MR) is 106 cm³/mol. The summed E-state index contributed by atoms with van der Waals surface area (Å²) in [6.07, 6.45) is 16.9. The highest BCUT2D eigenvalue weighted by Gasteiger charge is 2.14. The Labute approximate surface area is 153 Å². The van der Waals surface area contributed by atoms with Gasteiger partial charge >= 0.3 is 0 Å².